The molecule has 0 spiro atoms. The summed E-state index contributed by atoms with van der Waals surface area (Å²) in [5, 5.41) is 5.57. The minimum atomic E-state index is -1.06. The zero-order valence-electron chi connectivity index (χ0n) is 22.4. The van der Waals surface area contributed by atoms with Crippen LogP contribution in [0.5, 0.6) is 0 Å². The van der Waals surface area contributed by atoms with E-state index >= 15 is 0 Å². The third kappa shape index (κ3) is 3.81. The van der Waals surface area contributed by atoms with Crippen LogP contribution in [-0.2, 0) is 23.7 Å². The number of carbonyl (C=O) groups excluding carboxylic acids is 4. The highest BCUT2D eigenvalue weighted by Gasteiger charge is 2.45. The zero-order chi connectivity index (χ0) is 28.5. The van der Waals surface area contributed by atoms with Crippen LogP contribution in [0.1, 0.15) is 44.9 Å². The van der Waals surface area contributed by atoms with E-state index in [1.54, 1.807) is 41.4 Å². The molecule has 0 bridgehead atoms. The molecule has 1 fully saturated rings. The van der Waals surface area contributed by atoms with Gasteiger partial charge in [-0.1, -0.05) is 6.07 Å². The molecule has 4 aromatic rings. The van der Waals surface area contributed by atoms with Gasteiger partial charge in [-0.05, 0) is 62.2 Å². The maximum absolute atomic E-state index is 13.6. The normalized spacial score (nSPS) is 17.0. The number of anilines is 2. The smallest absolute Gasteiger partial charge is 0.328 e. The van der Waals surface area contributed by atoms with Crippen LogP contribution in [0.3, 0.4) is 0 Å². The number of nitrogens with zero attached hydrogens (tertiary/aromatic N) is 4. The zero-order valence-corrected chi connectivity index (χ0v) is 22.4. The van der Waals surface area contributed by atoms with Crippen molar-refractivity contribution in [1.82, 2.24) is 24.3 Å². The van der Waals surface area contributed by atoms with Crippen molar-refractivity contribution in [2.24, 2.45) is 14.1 Å². The molecule has 1 saturated heterocycles. The molecular weight excluding hydrogens is 512 g/mol. The number of rotatable bonds is 4. The van der Waals surface area contributed by atoms with Crippen LogP contribution in [0.15, 0.2) is 47.3 Å². The van der Waals surface area contributed by atoms with Crippen molar-refractivity contribution in [1.29, 1.82) is 0 Å². The SMILES string of the molecule is Cc1cc(-c2cc3c(cc2Nc2cccc4c2C(=O)N([C@@H]2CCC(=O)NC2=O)C4=O)n(C)c(=O)n3C)cc(C)n1. The Morgan fingerprint density at radius 3 is 2.20 bits per heavy atom. The monoisotopic (exact) mass is 538 g/mol. The third-order valence-electron chi connectivity index (χ3n) is 7.54. The highest BCUT2D eigenvalue weighted by molar-refractivity contribution is 6.25. The van der Waals surface area contributed by atoms with Gasteiger partial charge in [0.15, 0.2) is 0 Å². The van der Waals surface area contributed by atoms with E-state index in [1.807, 2.05) is 38.1 Å². The van der Waals surface area contributed by atoms with E-state index in [2.05, 4.69) is 15.6 Å². The van der Waals surface area contributed by atoms with Gasteiger partial charge in [-0.25, -0.2) is 4.79 Å². The van der Waals surface area contributed by atoms with Gasteiger partial charge in [0.1, 0.15) is 6.04 Å². The van der Waals surface area contributed by atoms with Gasteiger partial charge < -0.3 is 5.32 Å². The molecule has 2 aliphatic heterocycles. The van der Waals surface area contributed by atoms with Crippen LogP contribution in [-0.4, -0.2) is 48.7 Å². The van der Waals surface area contributed by atoms with Crippen LogP contribution < -0.4 is 16.3 Å². The molecule has 1 atom stereocenters. The number of nitrogens with one attached hydrogen (secondary N) is 2. The fraction of sp³-hybridized carbons (Fsp3) is 0.241. The predicted octanol–water partition coefficient (Wildman–Crippen LogP) is 2.70. The van der Waals surface area contributed by atoms with Gasteiger partial charge in [0.25, 0.3) is 11.8 Å². The fourth-order valence-corrected chi connectivity index (χ4v) is 5.64. The summed E-state index contributed by atoms with van der Waals surface area (Å²) in [5.74, 6) is -2.29. The molecule has 2 N–H and O–H groups in total. The number of benzene rings is 2. The number of hydrogen-bond acceptors (Lipinski definition) is 7. The van der Waals surface area contributed by atoms with Gasteiger partial charge in [-0.3, -0.25) is 43.5 Å². The van der Waals surface area contributed by atoms with Gasteiger partial charge in [0.2, 0.25) is 11.8 Å². The second-order valence-electron chi connectivity index (χ2n) is 10.2. The number of fused-ring (bicyclic) bond motifs is 2. The van der Waals surface area contributed by atoms with Crippen molar-refractivity contribution >= 4 is 46.0 Å². The summed E-state index contributed by atoms with van der Waals surface area (Å²) < 4.78 is 3.12. The summed E-state index contributed by atoms with van der Waals surface area (Å²) in [6, 6.07) is 11.5. The second-order valence-corrected chi connectivity index (χ2v) is 10.2. The lowest BCUT2D eigenvalue weighted by molar-refractivity contribution is -0.136. The molecule has 2 aromatic carbocycles. The number of pyridine rings is 1. The topological polar surface area (TPSA) is 135 Å². The Morgan fingerprint density at radius 1 is 0.850 bits per heavy atom. The first-order valence-corrected chi connectivity index (χ1v) is 12.8. The van der Waals surface area contributed by atoms with Crippen molar-refractivity contribution in [3.05, 3.63) is 75.5 Å². The molecule has 0 radical (unpaired) electrons. The molecule has 4 amide bonds. The molecule has 6 rings (SSSR count). The number of aromatic nitrogens is 3. The lowest BCUT2D eigenvalue weighted by atomic mass is 10.0. The van der Waals surface area contributed by atoms with Gasteiger partial charge in [0, 0.05) is 43.2 Å². The van der Waals surface area contributed by atoms with Gasteiger partial charge in [-0.15, -0.1) is 0 Å². The summed E-state index contributed by atoms with van der Waals surface area (Å²) in [5.41, 5.74) is 5.84. The quantitative estimate of drug-likeness (QED) is 0.382. The van der Waals surface area contributed by atoms with Crippen molar-refractivity contribution < 1.29 is 19.2 Å². The van der Waals surface area contributed by atoms with E-state index < -0.39 is 29.7 Å². The Labute approximate surface area is 228 Å². The summed E-state index contributed by atoms with van der Waals surface area (Å²) in [6.45, 7) is 3.80. The first-order valence-electron chi connectivity index (χ1n) is 12.8. The van der Waals surface area contributed by atoms with E-state index in [0.29, 0.717) is 16.9 Å². The molecule has 202 valence electrons. The number of aryl methyl sites for hydroxylation is 4. The maximum atomic E-state index is 13.6. The minimum absolute atomic E-state index is 0.0405. The van der Waals surface area contributed by atoms with Crippen LogP contribution in [0.2, 0.25) is 0 Å². The van der Waals surface area contributed by atoms with Crippen molar-refractivity contribution in [2.75, 3.05) is 5.32 Å². The van der Waals surface area contributed by atoms with E-state index in [1.165, 1.54) is 0 Å². The van der Waals surface area contributed by atoms with Crippen LogP contribution in [0, 0.1) is 13.8 Å². The Hall–Kier alpha value is -5.06. The lowest BCUT2D eigenvalue weighted by Crippen LogP contribution is -2.54. The van der Waals surface area contributed by atoms with Gasteiger partial charge >= 0.3 is 5.69 Å². The number of carbonyl (C=O) groups is 4. The average Bonchev–Trinajstić information content (AvgIpc) is 3.28. The lowest BCUT2D eigenvalue weighted by Gasteiger charge is -2.27. The van der Waals surface area contributed by atoms with Crippen LogP contribution in [0.4, 0.5) is 11.4 Å². The molecule has 0 unspecified atom stereocenters. The summed E-state index contributed by atoms with van der Waals surface area (Å²) in [6.07, 6.45) is 0.112. The number of hydrogen-bond donors (Lipinski definition) is 2. The predicted molar refractivity (Wildman–Crippen MR) is 147 cm³/mol. The average molecular weight is 539 g/mol. The molecular formula is C29H26N6O5. The Morgan fingerprint density at radius 2 is 1.52 bits per heavy atom. The first-order chi connectivity index (χ1) is 19.0. The molecule has 0 aliphatic carbocycles. The van der Waals surface area contributed by atoms with Crippen LogP contribution in [0.25, 0.3) is 22.2 Å². The Kier molecular flexibility index (Phi) is 5.68. The molecule has 11 heteroatoms. The second kappa shape index (κ2) is 9.01. The van der Waals surface area contributed by atoms with E-state index in [-0.39, 0.29) is 29.7 Å². The Balaban J connectivity index is 1.49. The standard InChI is InChI=1S/C29H26N6O5/c1-14-10-16(11-15(2)30-14)18-12-22-23(34(4)29(40)33(22)3)13-20(18)31-19-7-5-6-17-25(19)28(39)35(27(17)38)21-8-9-24(36)32-26(21)37/h5-7,10-13,21,31H,8-9H2,1-4H3,(H,32,36,37)/t21-/m1/s1. The van der Waals surface area contributed by atoms with Gasteiger partial charge in [-0.2, -0.15) is 0 Å². The van der Waals surface area contributed by atoms with Gasteiger partial charge in [0.05, 0.1) is 27.8 Å². The van der Waals surface area contributed by atoms with Crippen LogP contribution >= 0.6 is 0 Å². The summed E-state index contributed by atoms with van der Waals surface area (Å²) >= 11 is 0. The van der Waals surface area contributed by atoms with E-state index in [0.717, 1.165) is 32.9 Å². The molecule has 40 heavy (non-hydrogen) atoms. The number of amides is 4. The minimum Gasteiger partial charge on any atom is -0.354 e. The molecule has 2 aromatic heterocycles. The van der Waals surface area contributed by atoms with E-state index in [9.17, 15) is 24.0 Å². The number of imide groups is 2. The third-order valence-corrected chi connectivity index (χ3v) is 7.54. The highest BCUT2D eigenvalue weighted by Crippen LogP contribution is 2.38. The molecule has 0 saturated carbocycles. The summed E-state index contributed by atoms with van der Waals surface area (Å²) in [4.78, 5) is 69.3. The van der Waals surface area contributed by atoms with Crippen molar-refractivity contribution in [2.45, 2.75) is 32.7 Å². The summed E-state index contributed by atoms with van der Waals surface area (Å²) in [7, 11) is 3.40. The number of piperidine rings is 1. The highest BCUT2D eigenvalue weighted by atomic mass is 16.2. The molecule has 11 nitrogen and oxygen atoms in total. The largest absolute Gasteiger partial charge is 0.354 e. The van der Waals surface area contributed by atoms with Crippen molar-refractivity contribution in [3.8, 4) is 11.1 Å². The Bertz CT molecular complexity index is 1850. The fourth-order valence-electron chi connectivity index (χ4n) is 5.64. The maximum Gasteiger partial charge on any atom is 0.328 e. The van der Waals surface area contributed by atoms with E-state index in [4.69, 9.17) is 0 Å². The molecule has 2 aliphatic rings. The van der Waals surface area contributed by atoms with Crippen molar-refractivity contribution in [3.63, 3.8) is 0 Å². The first kappa shape index (κ1) is 25.2. The number of imidazole rings is 1. The molecule has 4 heterocycles.